The second-order valence-corrected chi connectivity index (χ2v) is 7.58. The highest BCUT2D eigenvalue weighted by molar-refractivity contribution is 5.92. The molecule has 6 nitrogen and oxygen atoms in total. The fourth-order valence-electron chi connectivity index (χ4n) is 3.88. The lowest BCUT2D eigenvalue weighted by Crippen LogP contribution is -2.39. The number of amides is 1. The average Bonchev–Trinajstić information content (AvgIpc) is 2.71. The fraction of sp³-hybridized carbons (Fsp3) is 0.304. The third-order valence-electron chi connectivity index (χ3n) is 5.68. The van der Waals surface area contributed by atoms with Crippen molar-refractivity contribution in [2.75, 3.05) is 25.5 Å². The highest BCUT2D eigenvalue weighted by Crippen LogP contribution is 2.22. The number of carbonyl (C=O) groups is 1. The molecule has 0 atom stereocenters. The van der Waals surface area contributed by atoms with Gasteiger partial charge in [0.1, 0.15) is 5.75 Å². The number of aromatic amines is 1. The summed E-state index contributed by atoms with van der Waals surface area (Å²) in [6, 6.07) is 11.2. The second kappa shape index (κ2) is 7.72. The summed E-state index contributed by atoms with van der Waals surface area (Å²) < 4.78 is 5.19. The zero-order valence-corrected chi connectivity index (χ0v) is 17.0. The van der Waals surface area contributed by atoms with Crippen LogP contribution in [0.4, 0.5) is 5.69 Å². The van der Waals surface area contributed by atoms with Crippen LogP contribution in [0.2, 0.25) is 0 Å². The Morgan fingerprint density at radius 1 is 1.24 bits per heavy atom. The number of aryl methyl sites for hydroxylation is 2. The maximum atomic E-state index is 13.1. The molecule has 29 heavy (non-hydrogen) atoms. The number of nitrogens with one attached hydrogen (secondary N) is 2. The maximum Gasteiger partial charge on any atom is 0.238 e. The number of fused-ring (bicyclic) bond motifs is 2. The van der Waals surface area contributed by atoms with Gasteiger partial charge in [-0.15, -0.1) is 0 Å². The SMILES string of the molecule is COc1cccc(NC(=O)CN2CCc3[nH]c4c(C)c(C)ccc4c(=O)c3C2)c1. The van der Waals surface area contributed by atoms with Crippen molar-refractivity contribution in [3.8, 4) is 5.75 Å². The van der Waals surface area contributed by atoms with Crippen LogP contribution in [0.5, 0.6) is 5.75 Å². The number of rotatable bonds is 4. The lowest BCUT2D eigenvalue weighted by Gasteiger charge is -2.28. The van der Waals surface area contributed by atoms with E-state index in [4.69, 9.17) is 4.74 Å². The van der Waals surface area contributed by atoms with Crippen molar-refractivity contribution in [3.05, 3.63) is 69.0 Å². The zero-order valence-electron chi connectivity index (χ0n) is 17.0. The molecule has 6 heteroatoms. The number of pyridine rings is 1. The molecule has 1 aliphatic rings. The number of hydrogen-bond donors (Lipinski definition) is 2. The van der Waals surface area contributed by atoms with Gasteiger partial charge in [-0.3, -0.25) is 14.5 Å². The van der Waals surface area contributed by atoms with Crippen LogP contribution >= 0.6 is 0 Å². The Kier molecular flexibility index (Phi) is 5.11. The Hall–Kier alpha value is -3.12. The van der Waals surface area contributed by atoms with Crippen LogP contribution in [-0.4, -0.2) is 36.0 Å². The van der Waals surface area contributed by atoms with Crippen LogP contribution in [-0.2, 0) is 17.8 Å². The molecule has 0 saturated heterocycles. The monoisotopic (exact) mass is 391 g/mol. The molecule has 0 bridgehead atoms. The first-order valence-electron chi connectivity index (χ1n) is 9.76. The van der Waals surface area contributed by atoms with E-state index in [1.165, 1.54) is 5.56 Å². The second-order valence-electron chi connectivity index (χ2n) is 7.58. The minimum atomic E-state index is -0.106. The minimum absolute atomic E-state index is 0.0646. The van der Waals surface area contributed by atoms with E-state index >= 15 is 0 Å². The molecule has 0 saturated carbocycles. The van der Waals surface area contributed by atoms with Gasteiger partial charge in [-0.2, -0.15) is 0 Å². The Bertz CT molecular complexity index is 1150. The van der Waals surface area contributed by atoms with Crippen LogP contribution in [0, 0.1) is 13.8 Å². The molecule has 2 N–H and O–H groups in total. The molecule has 1 aromatic heterocycles. The number of hydrogen-bond acceptors (Lipinski definition) is 4. The number of ether oxygens (including phenoxy) is 1. The summed E-state index contributed by atoms with van der Waals surface area (Å²) in [6.45, 7) is 5.53. The van der Waals surface area contributed by atoms with Crippen molar-refractivity contribution >= 4 is 22.5 Å². The van der Waals surface area contributed by atoms with Gasteiger partial charge in [-0.05, 0) is 43.2 Å². The van der Waals surface area contributed by atoms with Gasteiger partial charge in [0.2, 0.25) is 5.91 Å². The number of anilines is 1. The molecule has 4 rings (SSSR count). The third-order valence-corrected chi connectivity index (χ3v) is 5.68. The van der Waals surface area contributed by atoms with Crippen molar-refractivity contribution in [1.29, 1.82) is 0 Å². The number of methoxy groups -OCH3 is 1. The summed E-state index contributed by atoms with van der Waals surface area (Å²) >= 11 is 0. The summed E-state index contributed by atoms with van der Waals surface area (Å²) in [6.07, 6.45) is 0.723. The molecule has 0 fully saturated rings. The summed E-state index contributed by atoms with van der Waals surface area (Å²) in [7, 11) is 1.59. The van der Waals surface area contributed by atoms with E-state index in [1.54, 1.807) is 13.2 Å². The van der Waals surface area contributed by atoms with Gasteiger partial charge in [0.15, 0.2) is 5.43 Å². The molecule has 0 radical (unpaired) electrons. The van der Waals surface area contributed by atoms with Crippen molar-refractivity contribution in [3.63, 3.8) is 0 Å². The number of H-pyrrole nitrogens is 1. The van der Waals surface area contributed by atoms with E-state index in [0.717, 1.165) is 40.7 Å². The van der Waals surface area contributed by atoms with E-state index in [2.05, 4.69) is 17.2 Å². The predicted octanol–water partition coefficient (Wildman–Crippen LogP) is 3.15. The van der Waals surface area contributed by atoms with E-state index in [9.17, 15) is 9.59 Å². The topological polar surface area (TPSA) is 74.4 Å². The molecule has 1 amide bonds. The standard InChI is InChI=1S/C23H25N3O3/c1-14-7-8-18-22(15(14)2)25-20-9-10-26(12-19(20)23(18)28)13-21(27)24-16-5-4-6-17(11-16)29-3/h4-8,11H,9-10,12-13H2,1-3H3,(H,24,27)(H,25,28). The molecule has 2 aromatic carbocycles. The Labute approximate surface area is 169 Å². The normalized spacial score (nSPS) is 13.9. The van der Waals surface area contributed by atoms with Crippen LogP contribution in [0.15, 0.2) is 41.2 Å². The van der Waals surface area contributed by atoms with Gasteiger partial charge in [-0.25, -0.2) is 0 Å². The number of benzene rings is 2. The number of carbonyl (C=O) groups excluding carboxylic acids is 1. The van der Waals surface area contributed by atoms with Crippen molar-refractivity contribution in [2.45, 2.75) is 26.8 Å². The van der Waals surface area contributed by atoms with Crippen molar-refractivity contribution in [2.24, 2.45) is 0 Å². The van der Waals surface area contributed by atoms with Gasteiger partial charge in [0.25, 0.3) is 0 Å². The molecular weight excluding hydrogens is 366 g/mol. The van der Waals surface area contributed by atoms with Crippen molar-refractivity contribution < 1.29 is 9.53 Å². The quantitative estimate of drug-likeness (QED) is 0.717. The maximum absolute atomic E-state index is 13.1. The van der Waals surface area contributed by atoms with Crippen LogP contribution in [0.25, 0.3) is 10.9 Å². The average molecular weight is 391 g/mol. The van der Waals surface area contributed by atoms with Crippen molar-refractivity contribution in [1.82, 2.24) is 9.88 Å². The lowest BCUT2D eigenvalue weighted by atomic mass is 9.99. The Morgan fingerprint density at radius 3 is 2.86 bits per heavy atom. The van der Waals surface area contributed by atoms with Gasteiger partial charge >= 0.3 is 0 Å². The van der Waals surface area contributed by atoms with E-state index in [-0.39, 0.29) is 17.9 Å². The number of aromatic nitrogens is 1. The molecular formula is C23H25N3O3. The molecule has 3 aromatic rings. The summed E-state index contributed by atoms with van der Waals surface area (Å²) in [4.78, 5) is 31.1. The van der Waals surface area contributed by atoms with Gasteiger partial charge in [0, 0.05) is 47.9 Å². The van der Waals surface area contributed by atoms with E-state index < -0.39 is 0 Å². The first-order valence-corrected chi connectivity index (χ1v) is 9.76. The summed E-state index contributed by atoms with van der Waals surface area (Å²) in [5, 5.41) is 3.62. The Morgan fingerprint density at radius 2 is 2.07 bits per heavy atom. The van der Waals surface area contributed by atoms with E-state index in [1.807, 2.05) is 42.2 Å². The van der Waals surface area contributed by atoms with Gasteiger partial charge in [0.05, 0.1) is 19.2 Å². The number of nitrogens with zero attached hydrogens (tertiary/aromatic N) is 1. The first-order chi connectivity index (χ1) is 14.0. The van der Waals surface area contributed by atoms with E-state index in [0.29, 0.717) is 18.0 Å². The van der Waals surface area contributed by atoms with Gasteiger partial charge in [-0.1, -0.05) is 12.1 Å². The van der Waals surface area contributed by atoms with Crippen LogP contribution in [0.1, 0.15) is 22.4 Å². The molecule has 0 spiro atoms. The molecule has 0 aliphatic carbocycles. The molecule has 0 unspecified atom stereocenters. The zero-order chi connectivity index (χ0) is 20.5. The Balaban J connectivity index is 1.52. The minimum Gasteiger partial charge on any atom is -0.497 e. The smallest absolute Gasteiger partial charge is 0.238 e. The third kappa shape index (κ3) is 3.76. The summed E-state index contributed by atoms with van der Waals surface area (Å²) in [5.74, 6) is 0.587. The fourth-order valence-corrected chi connectivity index (χ4v) is 3.88. The lowest BCUT2D eigenvalue weighted by molar-refractivity contribution is -0.117. The van der Waals surface area contributed by atoms with Crippen LogP contribution in [0.3, 0.4) is 0 Å². The molecule has 150 valence electrons. The molecule has 1 aliphatic heterocycles. The van der Waals surface area contributed by atoms with Gasteiger partial charge < -0.3 is 15.0 Å². The molecule has 2 heterocycles. The highest BCUT2D eigenvalue weighted by atomic mass is 16.5. The highest BCUT2D eigenvalue weighted by Gasteiger charge is 2.23. The van der Waals surface area contributed by atoms with Crippen LogP contribution < -0.4 is 15.5 Å². The first kappa shape index (κ1) is 19.2. The summed E-state index contributed by atoms with van der Waals surface area (Å²) in [5.41, 5.74) is 5.72. The largest absolute Gasteiger partial charge is 0.497 e. The predicted molar refractivity (Wildman–Crippen MR) is 115 cm³/mol.